The van der Waals surface area contributed by atoms with Gasteiger partial charge in [0, 0.05) is 24.8 Å². The van der Waals surface area contributed by atoms with E-state index in [1.54, 1.807) is 0 Å². The minimum absolute atomic E-state index is 0.710. The Balaban J connectivity index is 2.11. The van der Waals surface area contributed by atoms with Gasteiger partial charge in [-0.15, -0.1) is 0 Å². The molecule has 1 aromatic rings. The maximum absolute atomic E-state index is 3.38. The lowest BCUT2D eigenvalue weighted by Gasteiger charge is -2.34. The Labute approximate surface area is 98.7 Å². The van der Waals surface area contributed by atoms with Gasteiger partial charge in [-0.3, -0.25) is 0 Å². The fourth-order valence-corrected chi connectivity index (χ4v) is 2.49. The highest BCUT2D eigenvalue weighted by Gasteiger charge is 2.19. The second-order valence-electron chi connectivity index (χ2n) is 4.77. The maximum Gasteiger partial charge on any atom is 0.0398 e. The van der Waals surface area contributed by atoms with Crippen molar-refractivity contribution in [3.05, 3.63) is 29.3 Å². The standard InChI is InChI=1S/C14H22N2/c1-11-5-4-6-14(12(11)2)16-9-7-13(15-3)8-10-16/h4-6,13,15H,7-10H2,1-3H3. The monoisotopic (exact) mass is 218 g/mol. The highest BCUT2D eigenvalue weighted by atomic mass is 15.1. The first-order chi connectivity index (χ1) is 7.72. The lowest BCUT2D eigenvalue weighted by molar-refractivity contribution is 0.442. The Morgan fingerprint density at radius 2 is 1.88 bits per heavy atom. The van der Waals surface area contributed by atoms with Crippen LogP contribution in [0.1, 0.15) is 24.0 Å². The zero-order valence-electron chi connectivity index (χ0n) is 10.6. The van der Waals surface area contributed by atoms with E-state index >= 15 is 0 Å². The van der Waals surface area contributed by atoms with E-state index < -0.39 is 0 Å². The van der Waals surface area contributed by atoms with Crippen LogP contribution in [0.3, 0.4) is 0 Å². The molecule has 0 amide bonds. The molecule has 1 fully saturated rings. The molecule has 1 aliphatic heterocycles. The van der Waals surface area contributed by atoms with Crippen molar-refractivity contribution < 1.29 is 0 Å². The lowest BCUT2D eigenvalue weighted by atomic mass is 10.0. The smallest absolute Gasteiger partial charge is 0.0398 e. The number of benzene rings is 1. The SMILES string of the molecule is CNC1CCN(c2cccc(C)c2C)CC1. The molecule has 0 aliphatic carbocycles. The molecule has 1 aliphatic rings. The van der Waals surface area contributed by atoms with Crippen LogP contribution in [0, 0.1) is 13.8 Å². The molecule has 88 valence electrons. The average Bonchev–Trinajstić information content (AvgIpc) is 2.33. The molecular weight excluding hydrogens is 196 g/mol. The van der Waals surface area contributed by atoms with Gasteiger partial charge in [0.05, 0.1) is 0 Å². The molecule has 1 saturated heterocycles. The lowest BCUT2D eigenvalue weighted by Crippen LogP contribution is -2.41. The molecule has 1 heterocycles. The number of aryl methyl sites for hydroxylation is 1. The molecule has 0 aromatic heterocycles. The van der Waals surface area contributed by atoms with Crippen LogP contribution < -0.4 is 10.2 Å². The minimum Gasteiger partial charge on any atom is -0.371 e. The summed E-state index contributed by atoms with van der Waals surface area (Å²) in [4.78, 5) is 2.52. The van der Waals surface area contributed by atoms with Crippen LogP contribution in [0.15, 0.2) is 18.2 Å². The zero-order valence-corrected chi connectivity index (χ0v) is 10.6. The van der Waals surface area contributed by atoms with Crippen LogP contribution in [0.25, 0.3) is 0 Å². The van der Waals surface area contributed by atoms with Gasteiger partial charge < -0.3 is 10.2 Å². The topological polar surface area (TPSA) is 15.3 Å². The van der Waals surface area contributed by atoms with Gasteiger partial charge in [-0.1, -0.05) is 12.1 Å². The van der Waals surface area contributed by atoms with Crippen LogP contribution >= 0.6 is 0 Å². The normalized spacial score (nSPS) is 17.8. The summed E-state index contributed by atoms with van der Waals surface area (Å²) in [6, 6.07) is 7.32. The van der Waals surface area contributed by atoms with E-state index in [0.29, 0.717) is 6.04 Å². The molecule has 1 N–H and O–H groups in total. The van der Waals surface area contributed by atoms with E-state index in [1.165, 1.54) is 42.7 Å². The van der Waals surface area contributed by atoms with Gasteiger partial charge in [-0.25, -0.2) is 0 Å². The number of nitrogens with one attached hydrogen (secondary N) is 1. The first-order valence-corrected chi connectivity index (χ1v) is 6.21. The van der Waals surface area contributed by atoms with Crippen LogP contribution in [0.4, 0.5) is 5.69 Å². The summed E-state index contributed by atoms with van der Waals surface area (Å²) in [5, 5.41) is 3.38. The van der Waals surface area contributed by atoms with Gasteiger partial charge in [0.2, 0.25) is 0 Å². The summed E-state index contributed by atoms with van der Waals surface area (Å²) in [7, 11) is 2.07. The Bertz CT molecular complexity index is 352. The first-order valence-electron chi connectivity index (χ1n) is 6.21. The summed E-state index contributed by atoms with van der Waals surface area (Å²) in [6.45, 7) is 6.78. The quantitative estimate of drug-likeness (QED) is 0.820. The van der Waals surface area contributed by atoms with E-state index in [0.717, 1.165) is 0 Å². The van der Waals surface area contributed by atoms with Crippen molar-refractivity contribution in [1.29, 1.82) is 0 Å². The minimum atomic E-state index is 0.710. The van der Waals surface area contributed by atoms with Gasteiger partial charge in [0.25, 0.3) is 0 Å². The van der Waals surface area contributed by atoms with Crippen molar-refractivity contribution in [1.82, 2.24) is 5.32 Å². The van der Waals surface area contributed by atoms with Crippen LogP contribution in [-0.2, 0) is 0 Å². The molecular formula is C14H22N2. The van der Waals surface area contributed by atoms with Gasteiger partial charge in [0.15, 0.2) is 0 Å². The van der Waals surface area contributed by atoms with E-state index in [1.807, 2.05) is 0 Å². The van der Waals surface area contributed by atoms with Crippen molar-refractivity contribution in [3.8, 4) is 0 Å². The fourth-order valence-electron chi connectivity index (χ4n) is 2.49. The number of piperidine rings is 1. The number of anilines is 1. The third kappa shape index (κ3) is 2.22. The predicted molar refractivity (Wildman–Crippen MR) is 70.2 cm³/mol. The Morgan fingerprint density at radius 3 is 2.50 bits per heavy atom. The first kappa shape index (κ1) is 11.5. The Morgan fingerprint density at radius 1 is 1.19 bits per heavy atom. The molecule has 0 radical (unpaired) electrons. The van der Waals surface area contributed by atoms with E-state index in [-0.39, 0.29) is 0 Å². The molecule has 1 aromatic carbocycles. The molecule has 16 heavy (non-hydrogen) atoms. The summed E-state index contributed by atoms with van der Waals surface area (Å²) in [5.41, 5.74) is 4.26. The number of rotatable bonds is 2. The van der Waals surface area contributed by atoms with Gasteiger partial charge in [-0.2, -0.15) is 0 Å². The van der Waals surface area contributed by atoms with Gasteiger partial charge in [0.1, 0.15) is 0 Å². The second kappa shape index (κ2) is 4.88. The summed E-state index contributed by atoms with van der Waals surface area (Å²) in [6.07, 6.45) is 2.51. The molecule has 2 nitrogen and oxygen atoms in total. The number of hydrogen-bond acceptors (Lipinski definition) is 2. The summed E-state index contributed by atoms with van der Waals surface area (Å²) in [5.74, 6) is 0. The molecule has 0 saturated carbocycles. The highest BCUT2D eigenvalue weighted by Crippen LogP contribution is 2.25. The third-order valence-corrected chi connectivity index (χ3v) is 3.82. The number of hydrogen-bond donors (Lipinski definition) is 1. The highest BCUT2D eigenvalue weighted by molar-refractivity contribution is 5.56. The maximum atomic E-state index is 3.38. The zero-order chi connectivity index (χ0) is 11.5. The van der Waals surface area contributed by atoms with Crippen LogP contribution in [0.5, 0.6) is 0 Å². The van der Waals surface area contributed by atoms with E-state index in [2.05, 4.69) is 49.3 Å². The largest absolute Gasteiger partial charge is 0.371 e. The van der Waals surface area contributed by atoms with Gasteiger partial charge in [-0.05, 0) is 50.9 Å². The van der Waals surface area contributed by atoms with Crippen molar-refractivity contribution in [2.45, 2.75) is 32.7 Å². The average molecular weight is 218 g/mol. The predicted octanol–water partition coefficient (Wildman–Crippen LogP) is 2.49. The second-order valence-corrected chi connectivity index (χ2v) is 4.77. The number of nitrogens with zero attached hydrogens (tertiary/aromatic N) is 1. The van der Waals surface area contributed by atoms with Crippen LogP contribution in [-0.4, -0.2) is 26.2 Å². The van der Waals surface area contributed by atoms with Crippen molar-refractivity contribution >= 4 is 5.69 Å². The van der Waals surface area contributed by atoms with Gasteiger partial charge >= 0.3 is 0 Å². The van der Waals surface area contributed by atoms with Crippen molar-refractivity contribution in [2.75, 3.05) is 25.0 Å². The molecule has 0 atom stereocenters. The van der Waals surface area contributed by atoms with Crippen molar-refractivity contribution in [2.24, 2.45) is 0 Å². The molecule has 0 unspecified atom stereocenters. The molecule has 2 rings (SSSR count). The van der Waals surface area contributed by atoms with E-state index in [4.69, 9.17) is 0 Å². The Hall–Kier alpha value is -1.02. The summed E-state index contributed by atoms with van der Waals surface area (Å²) < 4.78 is 0. The molecule has 0 bridgehead atoms. The van der Waals surface area contributed by atoms with Crippen LogP contribution in [0.2, 0.25) is 0 Å². The molecule has 2 heteroatoms. The van der Waals surface area contributed by atoms with Crippen molar-refractivity contribution in [3.63, 3.8) is 0 Å². The van der Waals surface area contributed by atoms with E-state index in [9.17, 15) is 0 Å². The Kier molecular flexibility index (Phi) is 3.49. The summed E-state index contributed by atoms with van der Waals surface area (Å²) >= 11 is 0. The third-order valence-electron chi connectivity index (χ3n) is 3.82. The molecule has 0 spiro atoms. The fraction of sp³-hybridized carbons (Fsp3) is 0.571.